The van der Waals surface area contributed by atoms with Gasteiger partial charge < -0.3 is 25.7 Å². The van der Waals surface area contributed by atoms with E-state index in [1.54, 1.807) is 0 Å². The first kappa shape index (κ1) is 49.3. The molecule has 5 N–H and O–H groups in total. The van der Waals surface area contributed by atoms with Crippen LogP contribution in [0.3, 0.4) is 0 Å². The summed E-state index contributed by atoms with van der Waals surface area (Å²) in [4.78, 5) is 12.5. The van der Waals surface area contributed by atoms with Gasteiger partial charge >= 0.3 is 0 Å². The van der Waals surface area contributed by atoms with Crippen molar-refractivity contribution in [3.05, 3.63) is 48.6 Å². The van der Waals surface area contributed by atoms with E-state index in [1.165, 1.54) is 103 Å². The largest absolute Gasteiger partial charge is 0.394 e. The van der Waals surface area contributed by atoms with E-state index in [4.69, 9.17) is 0 Å². The Morgan fingerprint density at radius 3 is 1.24 bits per heavy atom. The Hall–Kier alpha value is -1.73. The minimum absolute atomic E-state index is 0.350. The van der Waals surface area contributed by atoms with Crippen LogP contribution in [0.15, 0.2) is 48.6 Å². The molecule has 0 aromatic carbocycles. The molecule has 0 saturated heterocycles. The zero-order valence-corrected chi connectivity index (χ0v) is 33.3. The minimum atomic E-state index is -1.30. The standard InChI is InChI=1S/C45H83NO5/c1-3-5-7-9-11-13-15-17-19-21-22-23-25-26-28-30-32-34-36-38-42(48)44(50)41(40-47)46-45(51)43(49)39-37-35-33-31-29-27-24-20-18-16-14-12-10-8-6-4-2/h17-20,23,25,30,32,41-44,47-50H,3-16,21-22,24,26-29,31,33-40H2,1-2H3,(H,46,51)/b19-17+,20-18-,25-23+,32-30+. The van der Waals surface area contributed by atoms with Crippen molar-refractivity contribution in [3.63, 3.8) is 0 Å². The molecule has 0 aliphatic heterocycles. The second-order valence-corrected chi connectivity index (χ2v) is 14.7. The van der Waals surface area contributed by atoms with E-state index in [9.17, 15) is 25.2 Å². The number of hydrogen-bond donors (Lipinski definition) is 5. The van der Waals surface area contributed by atoms with Gasteiger partial charge in [0.05, 0.1) is 18.8 Å². The first-order chi connectivity index (χ1) is 25.0. The fourth-order valence-electron chi connectivity index (χ4n) is 6.25. The zero-order valence-electron chi connectivity index (χ0n) is 33.3. The maximum Gasteiger partial charge on any atom is 0.249 e. The number of aliphatic hydroxyl groups excluding tert-OH is 4. The highest BCUT2D eigenvalue weighted by Crippen LogP contribution is 2.14. The van der Waals surface area contributed by atoms with Gasteiger partial charge in [-0.25, -0.2) is 0 Å². The van der Waals surface area contributed by atoms with Crippen LogP contribution in [-0.2, 0) is 4.79 Å². The number of carbonyl (C=O) groups excluding carboxylic acids is 1. The van der Waals surface area contributed by atoms with Gasteiger partial charge in [0.25, 0.3) is 0 Å². The molecule has 4 atom stereocenters. The van der Waals surface area contributed by atoms with Crippen LogP contribution < -0.4 is 5.32 Å². The van der Waals surface area contributed by atoms with Gasteiger partial charge in [-0.05, 0) is 89.9 Å². The quantitative estimate of drug-likeness (QED) is 0.0323. The minimum Gasteiger partial charge on any atom is -0.394 e. The van der Waals surface area contributed by atoms with Crippen molar-refractivity contribution in [3.8, 4) is 0 Å². The highest BCUT2D eigenvalue weighted by Gasteiger charge is 2.28. The second-order valence-electron chi connectivity index (χ2n) is 14.7. The summed E-state index contributed by atoms with van der Waals surface area (Å²) in [6, 6.07) is -1.01. The highest BCUT2D eigenvalue weighted by molar-refractivity contribution is 5.80. The molecular weight excluding hydrogens is 634 g/mol. The summed E-state index contributed by atoms with van der Waals surface area (Å²) in [7, 11) is 0. The van der Waals surface area contributed by atoms with E-state index < -0.39 is 36.9 Å². The molecule has 1 amide bonds. The number of hydrogen-bond acceptors (Lipinski definition) is 5. The predicted molar refractivity (Wildman–Crippen MR) is 219 cm³/mol. The molecule has 0 aromatic rings. The number of unbranched alkanes of at least 4 members (excludes halogenated alkanes) is 21. The lowest BCUT2D eigenvalue weighted by molar-refractivity contribution is -0.132. The van der Waals surface area contributed by atoms with E-state index >= 15 is 0 Å². The van der Waals surface area contributed by atoms with Gasteiger partial charge in [0, 0.05) is 0 Å². The molecule has 0 rings (SSSR count). The van der Waals surface area contributed by atoms with Gasteiger partial charge in [-0.1, -0.05) is 159 Å². The predicted octanol–water partition coefficient (Wildman–Crippen LogP) is 11.1. The Morgan fingerprint density at radius 2 is 0.824 bits per heavy atom. The lowest BCUT2D eigenvalue weighted by atomic mass is 10.00. The van der Waals surface area contributed by atoms with E-state index in [2.05, 4.69) is 67.8 Å². The molecule has 6 heteroatoms. The van der Waals surface area contributed by atoms with Crippen molar-refractivity contribution in [2.75, 3.05) is 6.61 Å². The molecular formula is C45H83NO5. The van der Waals surface area contributed by atoms with Crippen molar-refractivity contribution in [2.24, 2.45) is 0 Å². The summed E-state index contributed by atoms with van der Waals surface area (Å²) in [5, 5.41) is 43.6. The van der Waals surface area contributed by atoms with Crippen LogP contribution in [0.4, 0.5) is 0 Å². The Labute approximate surface area is 315 Å². The van der Waals surface area contributed by atoms with Crippen LogP contribution in [-0.4, -0.2) is 57.3 Å². The van der Waals surface area contributed by atoms with Crippen molar-refractivity contribution >= 4 is 5.91 Å². The van der Waals surface area contributed by atoms with Gasteiger partial charge in [-0.3, -0.25) is 4.79 Å². The average Bonchev–Trinajstić information content (AvgIpc) is 3.13. The number of allylic oxidation sites excluding steroid dienone is 8. The molecule has 0 aliphatic rings. The van der Waals surface area contributed by atoms with Gasteiger partial charge in [0.1, 0.15) is 12.2 Å². The van der Waals surface area contributed by atoms with Crippen LogP contribution in [0.25, 0.3) is 0 Å². The van der Waals surface area contributed by atoms with Crippen molar-refractivity contribution in [1.29, 1.82) is 0 Å². The highest BCUT2D eigenvalue weighted by atomic mass is 16.3. The van der Waals surface area contributed by atoms with E-state index in [1.807, 2.05) is 0 Å². The van der Waals surface area contributed by atoms with Gasteiger partial charge in [-0.2, -0.15) is 0 Å². The number of aliphatic hydroxyl groups is 4. The lowest BCUT2D eigenvalue weighted by Crippen LogP contribution is -2.53. The Bertz CT molecular complexity index is 854. The summed E-state index contributed by atoms with van der Waals surface area (Å²) in [6.45, 7) is 4.01. The van der Waals surface area contributed by atoms with Gasteiger partial charge in [-0.15, -0.1) is 0 Å². The molecule has 4 unspecified atom stereocenters. The van der Waals surface area contributed by atoms with Crippen LogP contribution in [0.2, 0.25) is 0 Å². The molecule has 51 heavy (non-hydrogen) atoms. The number of amides is 1. The van der Waals surface area contributed by atoms with E-state index in [0.717, 1.165) is 64.2 Å². The average molecular weight is 718 g/mol. The van der Waals surface area contributed by atoms with Crippen LogP contribution in [0.5, 0.6) is 0 Å². The van der Waals surface area contributed by atoms with Crippen LogP contribution in [0.1, 0.15) is 200 Å². The normalized spacial score (nSPS) is 14.7. The Morgan fingerprint density at radius 1 is 0.471 bits per heavy atom. The second kappa shape index (κ2) is 39.5. The van der Waals surface area contributed by atoms with E-state index in [0.29, 0.717) is 19.3 Å². The molecule has 298 valence electrons. The summed E-state index contributed by atoms with van der Waals surface area (Å²) >= 11 is 0. The molecule has 0 spiro atoms. The SMILES string of the molecule is CCCCCCCC/C=C\CCCCCCCCC(O)C(=O)NC(CO)C(O)C(O)CCC/C=C/CC/C=C/CC/C=C/CCCCCCCC. The van der Waals surface area contributed by atoms with Gasteiger partial charge in [0.15, 0.2) is 0 Å². The Kier molecular flexibility index (Phi) is 38.1. The molecule has 0 fully saturated rings. The molecule has 0 bridgehead atoms. The van der Waals surface area contributed by atoms with Crippen LogP contribution >= 0.6 is 0 Å². The summed E-state index contributed by atoms with van der Waals surface area (Å²) in [5.74, 6) is -0.606. The first-order valence-electron chi connectivity index (χ1n) is 21.5. The molecule has 0 aromatic heterocycles. The summed E-state index contributed by atoms with van der Waals surface area (Å²) < 4.78 is 0. The third-order valence-corrected chi connectivity index (χ3v) is 9.72. The lowest BCUT2D eigenvalue weighted by Gasteiger charge is -2.27. The fourth-order valence-corrected chi connectivity index (χ4v) is 6.25. The Balaban J connectivity index is 3.87. The molecule has 0 saturated carbocycles. The number of rotatable bonds is 38. The number of nitrogens with one attached hydrogen (secondary N) is 1. The topological polar surface area (TPSA) is 110 Å². The smallest absolute Gasteiger partial charge is 0.249 e. The van der Waals surface area contributed by atoms with Crippen molar-refractivity contribution in [1.82, 2.24) is 5.32 Å². The van der Waals surface area contributed by atoms with Crippen LogP contribution in [0, 0.1) is 0 Å². The third kappa shape index (κ3) is 33.8. The number of carbonyl (C=O) groups is 1. The summed E-state index contributed by atoms with van der Waals surface area (Å²) in [5.41, 5.74) is 0. The third-order valence-electron chi connectivity index (χ3n) is 9.72. The first-order valence-corrected chi connectivity index (χ1v) is 21.5. The molecule has 0 heterocycles. The van der Waals surface area contributed by atoms with Gasteiger partial charge in [0.2, 0.25) is 5.91 Å². The van der Waals surface area contributed by atoms with Crippen molar-refractivity contribution < 1.29 is 25.2 Å². The maximum absolute atomic E-state index is 12.5. The zero-order chi connectivity index (χ0) is 37.5. The monoisotopic (exact) mass is 718 g/mol. The summed E-state index contributed by atoms with van der Waals surface area (Å²) in [6.07, 6.45) is 47.0. The maximum atomic E-state index is 12.5. The van der Waals surface area contributed by atoms with Crippen molar-refractivity contribution in [2.45, 2.75) is 224 Å². The fraction of sp³-hybridized carbons (Fsp3) is 0.800. The molecule has 0 aliphatic carbocycles. The molecule has 6 nitrogen and oxygen atoms in total. The molecule has 0 radical (unpaired) electrons. The van der Waals surface area contributed by atoms with E-state index in [-0.39, 0.29) is 0 Å².